The fourth-order valence-electron chi connectivity index (χ4n) is 3.21. The Morgan fingerprint density at radius 3 is 2.60 bits per heavy atom. The van der Waals surface area contributed by atoms with E-state index >= 15 is 0 Å². The van der Waals surface area contributed by atoms with E-state index < -0.39 is 0 Å². The molecule has 3 aromatic rings. The third-order valence-corrected chi connectivity index (χ3v) is 4.86. The van der Waals surface area contributed by atoms with E-state index in [1.165, 1.54) is 25.0 Å². The summed E-state index contributed by atoms with van der Waals surface area (Å²) in [5, 5.41) is 0. The van der Waals surface area contributed by atoms with Crippen molar-refractivity contribution in [3.05, 3.63) is 57.9 Å². The van der Waals surface area contributed by atoms with Gasteiger partial charge >= 0.3 is 0 Å². The second kappa shape index (κ2) is 6.31. The lowest BCUT2D eigenvalue weighted by Gasteiger charge is -2.23. The lowest BCUT2D eigenvalue weighted by molar-refractivity contribution is 0.182. The van der Waals surface area contributed by atoms with Gasteiger partial charge in [0.25, 0.3) is 5.78 Å². The lowest BCUT2D eigenvalue weighted by atomic mass is 10.2. The van der Waals surface area contributed by atoms with E-state index in [2.05, 4.69) is 14.9 Å². The van der Waals surface area contributed by atoms with Gasteiger partial charge < -0.3 is 0 Å². The van der Waals surface area contributed by atoms with Crippen LogP contribution in [0.4, 0.5) is 4.39 Å². The summed E-state index contributed by atoms with van der Waals surface area (Å²) in [6.07, 6.45) is 2.36. The monoisotopic (exact) mass is 357 g/mol. The van der Waals surface area contributed by atoms with Crippen LogP contribution in [-0.2, 0) is 13.2 Å². The van der Waals surface area contributed by atoms with Gasteiger partial charge in [0, 0.05) is 24.0 Å². The minimum absolute atomic E-state index is 0.206. The largest absolute Gasteiger partial charge is 0.277 e. The molecular formula is C18H20FN5S. The van der Waals surface area contributed by atoms with Crippen LogP contribution < -0.4 is 0 Å². The fraction of sp³-hybridized carbons (Fsp3) is 0.389. The number of rotatable bonds is 5. The Balaban J connectivity index is 1.67. The van der Waals surface area contributed by atoms with E-state index in [1.54, 1.807) is 0 Å². The minimum Gasteiger partial charge on any atom is -0.277 e. The van der Waals surface area contributed by atoms with E-state index in [4.69, 9.17) is 12.2 Å². The molecule has 1 fully saturated rings. The summed E-state index contributed by atoms with van der Waals surface area (Å²) in [6, 6.07) is 9.27. The molecule has 2 aromatic heterocycles. The summed E-state index contributed by atoms with van der Waals surface area (Å²) < 4.78 is 17.7. The average molecular weight is 357 g/mol. The van der Waals surface area contributed by atoms with Crippen LogP contribution in [0.25, 0.3) is 5.78 Å². The highest BCUT2D eigenvalue weighted by Crippen LogP contribution is 2.29. The van der Waals surface area contributed by atoms with Crippen molar-refractivity contribution in [1.29, 1.82) is 0 Å². The normalized spacial score (nSPS) is 14.6. The molecule has 0 saturated heterocycles. The Morgan fingerprint density at radius 2 is 1.92 bits per heavy atom. The molecule has 1 aliphatic rings. The van der Waals surface area contributed by atoms with Gasteiger partial charge in [-0.3, -0.25) is 4.90 Å². The van der Waals surface area contributed by atoms with Crippen molar-refractivity contribution in [2.24, 2.45) is 0 Å². The molecular weight excluding hydrogens is 337 g/mol. The zero-order valence-electron chi connectivity index (χ0n) is 14.3. The molecule has 2 heterocycles. The molecule has 0 unspecified atom stereocenters. The summed E-state index contributed by atoms with van der Waals surface area (Å²) >= 11 is 5.48. The molecule has 1 aromatic carbocycles. The molecule has 7 heteroatoms. The summed E-state index contributed by atoms with van der Waals surface area (Å²) in [4.78, 5) is 11.3. The Bertz CT molecular complexity index is 972. The average Bonchev–Trinajstić information content (AvgIpc) is 3.34. The highest BCUT2D eigenvalue weighted by atomic mass is 32.1. The van der Waals surface area contributed by atoms with Crippen LogP contribution >= 0.6 is 12.2 Å². The standard InChI is InChI=1S/C18H20FN5S/c1-12-9-13(2)24-17(20-12)21-18(25)23(24)11-22(16-7-8-16)10-14-3-5-15(19)6-4-14/h3-6,9,16H,7-8,10-11H2,1-2H3. The number of nitrogens with zero attached hydrogens (tertiary/aromatic N) is 5. The molecule has 130 valence electrons. The number of halogens is 1. The van der Waals surface area contributed by atoms with Crippen molar-refractivity contribution in [2.45, 2.75) is 45.9 Å². The van der Waals surface area contributed by atoms with Crippen LogP contribution in [0, 0.1) is 24.4 Å². The van der Waals surface area contributed by atoms with Crippen molar-refractivity contribution in [3.8, 4) is 0 Å². The third kappa shape index (κ3) is 3.34. The smallest absolute Gasteiger partial charge is 0.252 e. The van der Waals surface area contributed by atoms with Gasteiger partial charge in [-0.1, -0.05) is 12.1 Å². The lowest BCUT2D eigenvalue weighted by Crippen LogP contribution is -2.30. The summed E-state index contributed by atoms with van der Waals surface area (Å²) in [7, 11) is 0. The first-order valence-electron chi connectivity index (χ1n) is 8.43. The highest BCUT2D eigenvalue weighted by molar-refractivity contribution is 7.71. The van der Waals surface area contributed by atoms with E-state index in [0.29, 0.717) is 23.3 Å². The topological polar surface area (TPSA) is 38.4 Å². The van der Waals surface area contributed by atoms with Crippen LogP contribution in [0.1, 0.15) is 29.8 Å². The number of hydrogen-bond acceptors (Lipinski definition) is 4. The van der Waals surface area contributed by atoms with Crippen LogP contribution in [0.2, 0.25) is 0 Å². The molecule has 0 radical (unpaired) electrons. The summed E-state index contributed by atoms with van der Waals surface area (Å²) in [5.41, 5.74) is 3.09. The summed E-state index contributed by atoms with van der Waals surface area (Å²) in [6.45, 7) is 5.40. The predicted octanol–water partition coefficient (Wildman–Crippen LogP) is 3.64. The zero-order chi connectivity index (χ0) is 17.6. The van der Waals surface area contributed by atoms with Crippen LogP contribution in [0.5, 0.6) is 0 Å². The van der Waals surface area contributed by atoms with Gasteiger partial charge in [0.2, 0.25) is 4.77 Å². The first-order chi connectivity index (χ1) is 12.0. The number of hydrogen-bond donors (Lipinski definition) is 0. The van der Waals surface area contributed by atoms with Crippen LogP contribution in [0.15, 0.2) is 30.3 Å². The second-order valence-electron chi connectivity index (χ2n) is 6.69. The third-order valence-electron chi connectivity index (χ3n) is 4.55. The number of fused-ring (bicyclic) bond motifs is 1. The first-order valence-corrected chi connectivity index (χ1v) is 8.84. The quantitative estimate of drug-likeness (QED) is 0.654. The van der Waals surface area contributed by atoms with Crippen molar-refractivity contribution in [2.75, 3.05) is 0 Å². The molecule has 25 heavy (non-hydrogen) atoms. The van der Waals surface area contributed by atoms with Crippen molar-refractivity contribution in [3.63, 3.8) is 0 Å². The maximum absolute atomic E-state index is 13.2. The molecule has 0 aliphatic heterocycles. The Labute approximate surface area is 150 Å². The van der Waals surface area contributed by atoms with E-state index in [0.717, 1.165) is 23.5 Å². The van der Waals surface area contributed by atoms with Gasteiger partial charge in [-0.05, 0) is 62.7 Å². The van der Waals surface area contributed by atoms with E-state index in [1.807, 2.05) is 41.2 Å². The van der Waals surface area contributed by atoms with Crippen LogP contribution in [0.3, 0.4) is 0 Å². The van der Waals surface area contributed by atoms with Gasteiger partial charge in [0.1, 0.15) is 5.82 Å². The fourth-order valence-corrected chi connectivity index (χ4v) is 3.43. The molecule has 0 N–H and O–H groups in total. The molecule has 0 bridgehead atoms. The SMILES string of the molecule is Cc1cc(C)n2c(n1)nc(=S)n2CN(Cc1ccc(F)cc1)C1CC1. The van der Waals surface area contributed by atoms with Crippen LogP contribution in [-0.4, -0.2) is 30.1 Å². The number of aryl methyl sites for hydroxylation is 2. The van der Waals surface area contributed by atoms with E-state index in [-0.39, 0.29) is 5.82 Å². The molecule has 0 spiro atoms. The van der Waals surface area contributed by atoms with Gasteiger partial charge in [0.05, 0.1) is 6.67 Å². The first kappa shape index (κ1) is 16.4. The molecule has 1 saturated carbocycles. The highest BCUT2D eigenvalue weighted by Gasteiger charge is 2.30. The maximum Gasteiger partial charge on any atom is 0.252 e. The minimum atomic E-state index is -0.206. The molecule has 4 rings (SSSR count). The number of aromatic nitrogens is 4. The predicted molar refractivity (Wildman–Crippen MR) is 96.3 cm³/mol. The Kier molecular flexibility index (Phi) is 4.13. The van der Waals surface area contributed by atoms with Crippen molar-refractivity contribution < 1.29 is 4.39 Å². The van der Waals surface area contributed by atoms with Crippen molar-refractivity contribution >= 4 is 18.0 Å². The molecule has 1 aliphatic carbocycles. The molecule has 0 amide bonds. The van der Waals surface area contributed by atoms with E-state index in [9.17, 15) is 4.39 Å². The molecule has 0 atom stereocenters. The van der Waals surface area contributed by atoms with Gasteiger partial charge in [0.15, 0.2) is 0 Å². The summed E-state index contributed by atoms with van der Waals surface area (Å²) in [5.74, 6) is 0.433. The number of benzene rings is 1. The van der Waals surface area contributed by atoms with Gasteiger partial charge in [-0.2, -0.15) is 4.98 Å². The Morgan fingerprint density at radius 1 is 1.20 bits per heavy atom. The second-order valence-corrected chi connectivity index (χ2v) is 7.06. The van der Waals surface area contributed by atoms with Crippen molar-refractivity contribution in [1.82, 2.24) is 24.1 Å². The Hall–Kier alpha value is -2.12. The van der Waals surface area contributed by atoms with Gasteiger partial charge in [-0.25, -0.2) is 18.6 Å². The molecule has 5 nitrogen and oxygen atoms in total. The van der Waals surface area contributed by atoms with Gasteiger partial charge in [-0.15, -0.1) is 0 Å². The maximum atomic E-state index is 13.2. The zero-order valence-corrected chi connectivity index (χ0v) is 15.1.